The molecule has 0 bridgehead atoms. The third-order valence-corrected chi connectivity index (χ3v) is 7.08. The van der Waals surface area contributed by atoms with Gasteiger partial charge >= 0.3 is 0 Å². The molecule has 3 aromatic carbocycles. The summed E-state index contributed by atoms with van der Waals surface area (Å²) < 4.78 is 19.8. The molecule has 1 heterocycles. The maximum absolute atomic E-state index is 13.2. The maximum Gasteiger partial charge on any atom is 0.294 e. The molecule has 0 radical (unpaired) electrons. The van der Waals surface area contributed by atoms with Crippen LogP contribution in [0.2, 0.25) is 0 Å². The number of carbonyl (C=O) groups is 3. The average molecular weight is 583 g/mol. The molecule has 1 aliphatic rings. The first-order chi connectivity index (χ1) is 17.6. The van der Waals surface area contributed by atoms with Gasteiger partial charge in [-0.15, -0.1) is 0 Å². The molecular weight excluding hydrogens is 559 g/mol. The quantitative estimate of drug-likeness (QED) is 0.311. The lowest BCUT2D eigenvalue weighted by atomic mass is 10.1. The number of amides is 3. The number of aryl methyl sites for hydroxylation is 3. The van der Waals surface area contributed by atoms with E-state index in [0.717, 1.165) is 43.4 Å². The average Bonchev–Trinajstić information content (AvgIpc) is 3.09. The first-order valence-electron chi connectivity index (χ1n) is 11.4. The van der Waals surface area contributed by atoms with Gasteiger partial charge in [0.05, 0.1) is 4.91 Å². The molecule has 1 fully saturated rings. The van der Waals surface area contributed by atoms with E-state index >= 15 is 0 Å². The maximum atomic E-state index is 13.2. The largest absolute Gasteiger partial charge is 0.488 e. The number of halogens is 2. The summed E-state index contributed by atoms with van der Waals surface area (Å²) in [4.78, 5) is 39.5. The van der Waals surface area contributed by atoms with Crippen molar-refractivity contribution >= 4 is 56.5 Å². The van der Waals surface area contributed by atoms with Gasteiger partial charge in [0, 0.05) is 15.7 Å². The molecule has 1 aliphatic heterocycles. The molecule has 0 unspecified atom stereocenters. The minimum absolute atomic E-state index is 0.185. The van der Waals surface area contributed by atoms with Crippen molar-refractivity contribution in [2.75, 3.05) is 11.9 Å². The first-order valence-corrected chi connectivity index (χ1v) is 13.0. The van der Waals surface area contributed by atoms with Crippen LogP contribution in [-0.4, -0.2) is 28.5 Å². The van der Waals surface area contributed by atoms with Crippen molar-refractivity contribution in [1.29, 1.82) is 0 Å². The Morgan fingerprint density at radius 3 is 2.41 bits per heavy atom. The zero-order chi connectivity index (χ0) is 26.7. The smallest absolute Gasteiger partial charge is 0.294 e. The standard InChI is InChI=1S/C28H24BrFN2O4S/c1-16-10-17(2)26(18(3)11-16)31-25(33)14-32-27(34)24(37-28(32)35)13-20-12-21(29)6-9-23(20)36-15-19-4-7-22(30)8-5-19/h4-13H,14-15H2,1-3H3,(H,31,33)/b24-13-. The summed E-state index contributed by atoms with van der Waals surface area (Å²) in [6, 6.07) is 15.2. The highest BCUT2D eigenvalue weighted by Crippen LogP contribution is 2.35. The van der Waals surface area contributed by atoms with Gasteiger partial charge in [0.1, 0.15) is 24.7 Å². The van der Waals surface area contributed by atoms with Crippen molar-refractivity contribution in [3.8, 4) is 5.75 Å². The molecule has 0 spiro atoms. The van der Waals surface area contributed by atoms with Crippen LogP contribution >= 0.6 is 27.7 Å². The van der Waals surface area contributed by atoms with Gasteiger partial charge in [0.25, 0.3) is 11.1 Å². The second kappa shape index (κ2) is 11.3. The molecule has 0 saturated carbocycles. The lowest BCUT2D eigenvalue weighted by molar-refractivity contribution is -0.127. The highest BCUT2D eigenvalue weighted by Gasteiger charge is 2.36. The number of ether oxygens (including phenoxy) is 1. The van der Waals surface area contributed by atoms with Gasteiger partial charge in [-0.25, -0.2) is 4.39 Å². The zero-order valence-corrected chi connectivity index (χ0v) is 22.8. The molecule has 4 rings (SSSR count). The molecule has 3 amide bonds. The van der Waals surface area contributed by atoms with E-state index in [1.165, 1.54) is 12.1 Å². The Bertz CT molecular complexity index is 1400. The first kappa shape index (κ1) is 26.6. The van der Waals surface area contributed by atoms with Gasteiger partial charge in [0.2, 0.25) is 5.91 Å². The normalized spacial score (nSPS) is 14.4. The number of rotatable bonds is 7. The highest BCUT2D eigenvalue weighted by molar-refractivity contribution is 9.10. The summed E-state index contributed by atoms with van der Waals surface area (Å²) in [7, 11) is 0. The number of anilines is 1. The molecule has 0 aliphatic carbocycles. The van der Waals surface area contributed by atoms with Crippen LogP contribution in [-0.2, 0) is 16.2 Å². The predicted molar refractivity (Wildman–Crippen MR) is 147 cm³/mol. The highest BCUT2D eigenvalue weighted by atomic mass is 79.9. The van der Waals surface area contributed by atoms with Gasteiger partial charge in [-0.3, -0.25) is 19.3 Å². The summed E-state index contributed by atoms with van der Waals surface area (Å²) in [6.07, 6.45) is 1.57. The Morgan fingerprint density at radius 1 is 1.05 bits per heavy atom. The Morgan fingerprint density at radius 2 is 1.73 bits per heavy atom. The van der Waals surface area contributed by atoms with Crippen LogP contribution < -0.4 is 10.1 Å². The fourth-order valence-corrected chi connectivity index (χ4v) is 5.19. The van der Waals surface area contributed by atoms with E-state index in [0.29, 0.717) is 17.0 Å². The number of hydrogen-bond acceptors (Lipinski definition) is 5. The topological polar surface area (TPSA) is 75.7 Å². The number of nitrogens with zero attached hydrogens (tertiary/aromatic N) is 1. The summed E-state index contributed by atoms with van der Waals surface area (Å²) >= 11 is 4.19. The summed E-state index contributed by atoms with van der Waals surface area (Å²) in [5, 5.41) is 2.31. The second-order valence-electron chi connectivity index (χ2n) is 8.69. The molecule has 1 N–H and O–H groups in total. The monoisotopic (exact) mass is 582 g/mol. The Kier molecular flexibility index (Phi) is 8.14. The Labute approximate surface area is 227 Å². The van der Waals surface area contributed by atoms with E-state index < -0.39 is 17.1 Å². The molecular formula is C28H24BrFN2O4S. The fourth-order valence-electron chi connectivity index (χ4n) is 3.98. The molecule has 6 nitrogen and oxygen atoms in total. The van der Waals surface area contributed by atoms with Gasteiger partial charge in [-0.1, -0.05) is 45.8 Å². The van der Waals surface area contributed by atoms with Crippen molar-refractivity contribution in [2.45, 2.75) is 27.4 Å². The van der Waals surface area contributed by atoms with Crippen LogP contribution in [0, 0.1) is 26.6 Å². The summed E-state index contributed by atoms with van der Waals surface area (Å²) in [6.45, 7) is 5.57. The fraction of sp³-hybridized carbons (Fsp3) is 0.179. The molecule has 0 aromatic heterocycles. The van der Waals surface area contributed by atoms with Gasteiger partial charge in [0.15, 0.2) is 0 Å². The van der Waals surface area contributed by atoms with Crippen molar-refractivity contribution in [3.05, 3.63) is 97.6 Å². The lowest BCUT2D eigenvalue weighted by Crippen LogP contribution is -2.36. The molecule has 37 heavy (non-hydrogen) atoms. The second-order valence-corrected chi connectivity index (χ2v) is 10.6. The molecule has 3 aromatic rings. The van der Waals surface area contributed by atoms with Crippen molar-refractivity contribution in [2.24, 2.45) is 0 Å². The number of nitrogens with one attached hydrogen (secondary N) is 1. The van der Waals surface area contributed by atoms with Crippen LogP contribution in [0.25, 0.3) is 6.08 Å². The summed E-state index contributed by atoms with van der Waals surface area (Å²) in [5.41, 5.74) is 4.93. The number of carbonyl (C=O) groups excluding carboxylic acids is 3. The van der Waals surface area contributed by atoms with E-state index in [1.807, 2.05) is 32.9 Å². The number of thioether (sulfide) groups is 1. The van der Waals surface area contributed by atoms with Crippen molar-refractivity contribution < 1.29 is 23.5 Å². The van der Waals surface area contributed by atoms with Crippen molar-refractivity contribution in [1.82, 2.24) is 4.90 Å². The van der Waals surface area contributed by atoms with Crippen LogP contribution in [0.5, 0.6) is 5.75 Å². The van der Waals surface area contributed by atoms with Crippen molar-refractivity contribution in [3.63, 3.8) is 0 Å². The SMILES string of the molecule is Cc1cc(C)c(NC(=O)CN2C(=O)S/C(=C\c3cc(Br)ccc3OCc3ccc(F)cc3)C2=O)c(C)c1. The molecule has 0 atom stereocenters. The van der Waals surface area contributed by atoms with E-state index in [-0.39, 0.29) is 23.9 Å². The zero-order valence-electron chi connectivity index (χ0n) is 20.4. The third kappa shape index (κ3) is 6.47. The third-order valence-electron chi connectivity index (χ3n) is 5.68. The minimum atomic E-state index is -0.549. The number of hydrogen-bond donors (Lipinski definition) is 1. The van der Waals surface area contributed by atoms with E-state index in [2.05, 4.69) is 21.2 Å². The predicted octanol–water partition coefficient (Wildman–Crippen LogP) is 6.77. The van der Waals surface area contributed by atoms with E-state index in [1.54, 1.807) is 36.4 Å². The van der Waals surface area contributed by atoms with Crippen LogP contribution in [0.15, 0.2) is 64.0 Å². The number of imide groups is 1. The minimum Gasteiger partial charge on any atom is -0.488 e. The number of benzene rings is 3. The van der Waals surface area contributed by atoms with Crippen LogP contribution in [0.4, 0.5) is 14.9 Å². The van der Waals surface area contributed by atoms with Gasteiger partial charge in [-0.05, 0) is 85.6 Å². The lowest BCUT2D eigenvalue weighted by Gasteiger charge is -2.16. The Hall–Kier alpha value is -3.43. The van der Waals surface area contributed by atoms with Crippen LogP contribution in [0.1, 0.15) is 27.8 Å². The van der Waals surface area contributed by atoms with Crippen LogP contribution in [0.3, 0.4) is 0 Å². The Balaban J connectivity index is 1.49. The van der Waals surface area contributed by atoms with Gasteiger partial charge < -0.3 is 10.1 Å². The molecule has 9 heteroatoms. The summed E-state index contributed by atoms with van der Waals surface area (Å²) in [5.74, 6) is -0.847. The van der Waals surface area contributed by atoms with Gasteiger partial charge in [-0.2, -0.15) is 0 Å². The molecule has 1 saturated heterocycles. The molecule has 190 valence electrons. The van der Waals surface area contributed by atoms with E-state index in [9.17, 15) is 18.8 Å². The van der Waals surface area contributed by atoms with E-state index in [4.69, 9.17) is 4.74 Å².